The monoisotopic (exact) mass is 279 g/mol. The summed E-state index contributed by atoms with van der Waals surface area (Å²) in [7, 11) is 1.18. The number of carbonyl (C=O) groups is 3. The first kappa shape index (κ1) is 14.0. The van der Waals surface area contributed by atoms with Crippen LogP contribution in [0.1, 0.15) is 13.8 Å². The lowest BCUT2D eigenvalue weighted by atomic mass is 10.0. The molecular weight excluding hydrogens is 269 g/mol. The number of imide groups is 1. The number of carbonyl (C=O) groups excluding carboxylic acids is 3. The van der Waals surface area contributed by atoms with E-state index >= 15 is 0 Å². The van der Waals surface area contributed by atoms with Crippen LogP contribution >= 0.6 is 23.2 Å². The molecule has 7 heteroatoms. The average Bonchev–Trinajstić information content (AvgIpc) is 2.46. The smallest absolute Gasteiger partial charge is 0.329 e. The fourth-order valence-electron chi connectivity index (χ4n) is 1.54. The minimum atomic E-state index is -1.02. The van der Waals surface area contributed by atoms with E-state index < -0.39 is 23.8 Å². The SMILES string of the molecule is COC(=O)[C@@H](C(C)C)N1C(=O)C(Cl)=C(Cl)C1=O. The van der Waals surface area contributed by atoms with Gasteiger partial charge in [-0.05, 0) is 5.92 Å². The summed E-state index contributed by atoms with van der Waals surface area (Å²) in [6.45, 7) is 3.37. The zero-order chi connectivity index (χ0) is 13.3. The first-order valence-corrected chi connectivity index (χ1v) is 5.59. The fraction of sp³-hybridized carbons (Fsp3) is 0.500. The Morgan fingerprint density at radius 3 is 1.88 bits per heavy atom. The molecule has 0 unspecified atom stereocenters. The number of ether oxygens (including phenoxy) is 1. The molecule has 17 heavy (non-hydrogen) atoms. The molecule has 0 aromatic heterocycles. The van der Waals surface area contributed by atoms with E-state index in [2.05, 4.69) is 4.74 Å². The van der Waals surface area contributed by atoms with Gasteiger partial charge in [0.25, 0.3) is 11.8 Å². The molecule has 0 aromatic rings. The molecular formula is C10H11Cl2NO4. The van der Waals surface area contributed by atoms with Crippen LogP contribution in [0.4, 0.5) is 0 Å². The number of nitrogens with zero attached hydrogens (tertiary/aromatic N) is 1. The van der Waals surface area contributed by atoms with E-state index in [1.54, 1.807) is 13.8 Å². The van der Waals surface area contributed by atoms with Crippen LogP contribution < -0.4 is 0 Å². The van der Waals surface area contributed by atoms with E-state index in [0.717, 1.165) is 4.90 Å². The van der Waals surface area contributed by atoms with Crippen molar-refractivity contribution >= 4 is 41.0 Å². The van der Waals surface area contributed by atoms with Gasteiger partial charge in [0.1, 0.15) is 16.1 Å². The molecule has 1 aliphatic heterocycles. The van der Waals surface area contributed by atoms with Gasteiger partial charge in [0.05, 0.1) is 7.11 Å². The minimum absolute atomic E-state index is 0.303. The highest BCUT2D eigenvalue weighted by molar-refractivity contribution is 6.58. The molecule has 0 aliphatic carbocycles. The van der Waals surface area contributed by atoms with Crippen molar-refractivity contribution in [3.8, 4) is 0 Å². The van der Waals surface area contributed by atoms with Crippen LogP contribution in [0, 0.1) is 5.92 Å². The highest BCUT2D eigenvalue weighted by Crippen LogP contribution is 2.30. The predicted molar refractivity (Wildman–Crippen MR) is 61.2 cm³/mol. The predicted octanol–water partition coefficient (Wildman–Crippen LogP) is 1.24. The van der Waals surface area contributed by atoms with Crippen LogP contribution in [0.3, 0.4) is 0 Å². The highest BCUT2D eigenvalue weighted by Gasteiger charge is 2.45. The van der Waals surface area contributed by atoms with Gasteiger partial charge < -0.3 is 4.74 Å². The summed E-state index contributed by atoms with van der Waals surface area (Å²) in [5.74, 6) is -2.53. The summed E-state index contributed by atoms with van der Waals surface area (Å²) < 4.78 is 4.56. The topological polar surface area (TPSA) is 63.7 Å². The third-order valence-corrected chi connectivity index (χ3v) is 3.16. The van der Waals surface area contributed by atoms with Crippen LogP contribution in [0.5, 0.6) is 0 Å². The summed E-state index contributed by atoms with van der Waals surface area (Å²) >= 11 is 11.2. The normalized spacial score (nSPS) is 18.1. The average molecular weight is 280 g/mol. The molecule has 0 saturated heterocycles. The van der Waals surface area contributed by atoms with Crippen molar-refractivity contribution in [2.45, 2.75) is 19.9 Å². The van der Waals surface area contributed by atoms with Crippen LogP contribution in [0.15, 0.2) is 10.1 Å². The maximum absolute atomic E-state index is 11.7. The Morgan fingerprint density at radius 2 is 1.59 bits per heavy atom. The van der Waals surface area contributed by atoms with E-state index in [-0.39, 0.29) is 16.0 Å². The molecule has 0 aromatic carbocycles. The minimum Gasteiger partial charge on any atom is -0.467 e. The van der Waals surface area contributed by atoms with E-state index in [1.165, 1.54) is 7.11 Å². The van der Waals surface area contributed by atoms with E-state index in [1.807, 2.05) is 0 Å². The largest absolute Gasteiger partial charge is 0.467 e. The number of halogens is 2. The highest BCUT2D eigenvalue weighted by atomic mass is 35.5. The van der Waals surface area contributed by atoms with Crippen molar-refractivity contribution in [3.05, 3.63) is 10.1 Å². The maximum atomic E-state index is 11.7. The quantitative estimate of drug-likeness (QED) is 0.576. The number of rotatable bonds is 3. The van der Waals surface area contributed by atoms with E-state index in [0.29, 0.717) is 0 Å². The van der Waals surface area contributed by atoms with Gasteiger partial charge in [-0.25, -0.2) is 4.79 Å². The Morgan fingerprint density at radius 1 is 1.18 bits per heavy atom. The molecule has 0 saturated carbocycles. The Kier molecular flexibility index (Phi) is 4.16. The second kappa shape index (κ2) is 5.06. The lowest BCUT2D eigenvalue weighted by molar-refractivity contribution is -0.157. The Balaban J connectivity index is 3.12. The summed E-state index contributed by atoms with van der Waals surface area (Å²) in [5.41, 5.74) is 0. The third-order valence-electron chi connectivity index (χ3n) is 2.36. The molecule has 0 radical (unpaired) electrons. The molecule has 0 bridgehead atoms. The third kappa shape index (κ3) is 2.30. The van der Waals surface area contributed by atoms with Crippen LogP contribution in [0.25, 0.3) is 0 Å². The van der Waals surface area contributed by atoms with Gasteiger partial charge in [0.2, 0.25) is 0 Å². The van der Waals surface area contributed by atoms with Gasteiger partial charge in [-0.15, -0.1) is 0 Å². The summed E-state index contributed by atoms with van der Waals surface area (Å²) in [5, 5.41) is -0.738. The molecule has 94 valence electrons. The molecule has 5 nitrogen and oxygen atoms in total. The summed E-state index contributed by atoms with van der Waals surface area (Å²) in [4.78, 5) is 35.7. The zero-order valence-corrected chi connectivity index (χ0v) is 11.0. The molecule has 1 atom stereocenters. The molecule has 2 amide bonds. The zero-order valence-electron chi connectivity index (χ0n) is 9.49. The van der Waals surface area contributed by atoms with Crippen LogP contribution in [0.2, 0.25) is 0 Å². The number of esters is 1. The maximum Gasteiger partial charge on any atom is 0.329 e. The van der Waals surface area contributed by atoms with Gasteiger partial charge in [-0.1, -0.05) is 37.0 Å². The number of hydrogen-bond donors (Lipinski definition) is 0. The molecule has 1 heterocycles. The summed E-state index contributed by atoms with van der Waals surface area (Å²) in [6, 6.07) is -1.02. The first-order chi connectivity index (χ1) is 7.82. The van der Waals surface area contributed by atoms with Crippen molar-refractivity contribution in [3.63, 3.8) is 0 Å². The Hall–Kier alpha value is -1.07. The van der Waals surface area contributed by atoms with Crippen LogP contribution in [-0.2, 0) is 19.1 Å². The number of hydrogen-bond acceptors (Lipinski definition) is 4. The second-order valence-electron chi connectivity index (χ2n) is 3.82. The van der Waals surface area contributed by atoms with E-state index in [9.17, 15) is 14.4 Å². The van der Waals surface area contributed by atoms with Crippen molar-refractivity contribution in [2.75, 3.05) is 7.11 Å². The van der Waals surface area contributed by atoms with Gasteiger partial charge >= 0.3 is 5.97 Å². The van der Waals surface area contributed by atoms with Crippen LogP contribution in [-0.4, -0.2) is 35.8 Å². The molecule has 0 fully saturated rings. The van der Waals surface area contributed by atoms with Crippen molar-refractivity contribution in [1.82, 2.24) is 4.90 Å². The van der Waals surface area contributed by atoms with Gasteiger partial charge in [0.15, 0.2) is 0 Å². The molecule has 1 rings (SSSR count). The lowest BCUT2D eigenvalue weighted by Gasteiger charge is -2.26. The number of amides is 2. The van der Waals surface area contributed by atoms with Gasteiger partial charge in [0, 0.05) is 0 Å². The molecule has 1 aliphatic rings. The molecule has 0 spiro atoms. The summed E-state index contributed by atoms with van der Waals surface area (Å²) in [6.07, 6.45) is 0. The molecule has 0 N–H and O–H groups in total. The van der Waals surface area contributed by atoms with Crippen molar-refractivity contribution in [2.24, 2.45) is 5.92 Å². The van der Waals surface area contributed by atoms with E-state index in [4.69, 9.17) is 23.2 Å². The standard InChI is InChI=1S/C10H11Cl2NO4/c1-4(2)7(10(16)17-3)13-8(14)5(11)6(12)9(13)15/h4,7H,1-3H3/t7-/m1/s1. The van der Waals surface area contributed by atoms with Gasteiger partial charge in [-0.3, -0.25) is 14.5 Å². The Bertz CT molecular complexity index is 393. The second-order valence-corrected chi connectivity index (χ2v) is 4.58. The fourth-order valence-corrected chi connectivity index (χ4v) is 1.88. The number of methoxy groups -OCH3 is 1. The lowest BCUT2D eigenvalue weighted by Crippen LogP contribution is -2.49. The Labute approximate surface area is 108 Å². The van der Waals surface area contributed by atoms with Crippen molar-refractivity contribution in [1.29, 1.82) is 0 Å². The first-order valence-electron chi connectivity index (χ1n) is 4.83. The van der Waals surface area contributed by atoms with Gasteiger partial charge in [-0.2, -0.15) is 0 Å². The van der Waals surface area contributed by atoms with Crippen molar-refractivity contribution < 1.29 is 19.1 Å².